The fraction of sp³-hybridized carbons (Fsp3) is 0.462. The van der Waals surface area contributed by atoms with E-state index in [1.54, 1.807) is 0 Å². The SMILES string of the molecule is Cc1cccc(NC(=O)[C@H]2[C@@H]3CCO[C@@H]32)c1. The molecule has 84 valence electrons. The quantitative estimate of drug-likeness (QED) is 0.822. The molecule has 3 atom stereocenters. The zero-order valence-corrected chi connectivity index (χ0v) is 9.27. The van der Waals surface area contributed by atoms with Crippen molar-refractivity contribution in [1.82, 2.24) is 0 Å². The Hall–Kier alpha value is -1.35. The third-order valence-corrected chi connectivity index (χ3v) is 3.45. The van der Waals surface area contributed by atoms with Crippen LogP contribution in [0.4, 0.5) is 5.69 Å². The highest BCUT2D eigenvalue weighted by Crippen LogP contribution is 2.49. The van der Waals surface area contributed by atoms with Crippen molar-refractivity contribution in [2.24, 2.45) is 11.8 Å². The lowest BCUT2D eigenvalue weighted by atomic mass is 10.2. The Morgan fingerprint density at radius 2 is 2.38 bits per heavy atom. The smallest absolute Gasteiger partial charge is 0.230 e. The van der Waals surface area contributed by atoms with E-state index in [-0.39, 0.29) is 17.9 Å². The molecule has 0 bridgehead atoms. The van der Waals surface area contributed by atoms with Crippen molar-refractivity contribution in [1.29, 1.82) is 0 Å². The number of fused-ring (bicyclic) bond motifs is 1. The maximum atomic E-state index is 11.9. The summed E-state index contributed by atoms with van der Waals surface area (Å²) in [6, 6.07) is 7.88. The highest BCUT2D eigenvalue weighted by molar-refractivity contribution is 5.95. The Balaban J connectivity index is 1.65. The van der Waals surface area contributed by atoms with Crippen molar-refractivity contribution >= 4 is 11.6 Å². The molecule has 0 aromatic heterocycles. The molecule has 3 nitrogen and oxygen atoms in total. The molecule has 2 aliphatic rings. The lowest BCUT2D eigenvalue weighted by molar-refractivity contribution is -0.118. The number of anilines is 1. The predicted octanol–water partition coefficient (Wildman–Crippen LogP) is 1.97. The summed E-state index contributed by atoms with van der Waals surface area (Å²) in [6.45, 7) is 2.84. The van der Waals surface area contributed by atoms with Gasteiger partial charge < -0.3 is 10.1 Å². The molecule has 0 spiro atoms. The van der Waals surface area contributed by atoms with Crippen LogP contribution in [0.3, 0.4) is 0 Å². The van der Waals surface area contributed by atoms with Gasteiger partial charge in [0.2, 0.25) is 5.91 Å². The van der Waals surface area contributed by atoms with Crippen LogP contribution in [0.15, 0.2) is 24.3 Å². The normalized spacial score (nSPS) is 30.9. The number of hydrogen-bond donors (Lipinski definition) is 1. The number of carbonyl (C=O) groups excluding carboxylic acids is 1. The number of amides is 1. The van der Waals surface area contributed by atoms with Crippen molar-refractivity contribution in [3.63, 3.8) is 0 Å². The van der Waals surface area contributed by atoms with Gasteiger partial charge in [-0.3, -0.25) is 4.79 Å². The number of benzene rings is 1. The Kier molecular flexibility index (Phi) is 2.21. The van der Waals surface area contributed by atoms with Crippen LogP contribution in [0.25, 0.3) is 0 Å². The van der Waals surface area contributed by atoms with E-state index in [9.17, 15) is 4.79 Å². The number of aryl methyl sites for hydroxylation is 1. The van der Waals surface area contributed by atoms with E-state index in [1.807, 2.05) is 31.2 Å². The number of rotatable bonds is 2. The minimum Gasteiger partial charge on any atom is -0.377 e. The highest BCUT2D eigenvalue weighted by atomic mass is 16.5. The van der Waals surface area contributed by atoms with Crippen molar-refractivity contribution in [2.45, 2.75) is 19.4 Å². The van der Waals surface area contributed by atoms with Crippen LogP contribution < -0.4 is 5.32 Å². The zero-order chi connectivity index (χ0) is 11.1. The lowest BCUT2D eigenvalue weighted by Gasteiger charge is -2.07. The third kappa shape index (κ3) is 1.61. The molecule has 16 heavy (non-hydrogen) atoms. The summed E-state index contributed by atoms with van der Waals surface area (Å²) in [5.74, 6) is 0.680. The first-order valence-electron chi connectivity index (χ1n) is 5.75. The van der Waals surface area contributed by atoms with Gasteiger partial charge in [0.25, 0.3) is 0 Å². The van der Waals surface area contributed by atoms with Gasteiger partial charge in [-0.1, -0.05) is 12.1 Å². The maximum absolute atomic E-state index is 11.9. The first-order chi connectivity index (χ1) is 7.75. The minimum absolute atomic E-state index is 0.0919. The molecule has 3 rings (SSSR count). The molecule has 0 radical (unpaired) electrons. The van der Waals surface area contributed by atoms with Crippen molar-refractivity contribution in [3.8, 4) is 0 Å². The van der Waals surface area contributed by atoms with Gasteiger partial charge in [-0.25, -0.2) is 0 Å². The number of hydrogen-bond acceptors (Lipinski definition) is 2. The first-order valence-corrected chi connectivity index (χ1v) is 5.75. The molecule has 1 saturated carbocycles. The van der Waals surface area contributed by atoms with Crippen molar-refractivity contribution in [2.75, 3.05) is 11.9 Å². The Morgan fingerprint density at radius 3 is 3.06 bits per heavy atom. The van der Waals surface area contributed by atoms with Crippen LogP contribution in [-0.2, 0) is 9.53 Å². The van der Waals surface area contributed by atoms with Gasteiger partial charge in [-0.2, -0.15) is 0 Å². The summed E-state index contributed by atoms with van der Waals surface area (Å²) >= 11 is 0. The summed E-state index contributed by atoms with van der Waals surface area (Å²) in [4.78, 5) is 11.9. The van der Waals surface area contributed by atoms with Gasteiger partial charge in [0.1, 0.15) is 0 Å². The van der Waals surface area contributed by atoms with Gasteiger partial charge in [0.05, 0.1) is 12.0 Å². The average Bonchev–Trinajstić information content (AvgIpc) is 2.73. The van der Waals surface area contributed by atoms with Crippen molar-refractivity contribution in [3.05, 3.63) is 29.8 Å². The van der Waals surface area contributed by atoms with Crippen LogP contribution >= 0.6 is 0 Å². The number of nitrogens with one attached hydrogen (secondary N) is 1. The van der Waals surface area contributed by atoms with Gasteiger partial charge in [-0.15, -0.1) is 0 Å². The van der Waals surface area contributed by atoms with Gasteiger partial charge in [0, 0.05) is 18.2 Å². The molecule has 1 aromatic carbocycles. The molecular formula is C13H15NO2. The van der Waals surface area contributed by atoms with E-state index < -0.39 is 0 Å². The largest absolute Gasteiger partial charge is 0.377 e. The molecule has 1 aromatic rings. The van der Waals surface area contributed by atoms with E-state index in [1.165, 1.54) is 0 Å². The molecule has 1 amide bonds. The summed E-state index contributed by atoms with van der Waals surface area (Å²) < 4.78 is 5.46. The highest BCUT2D eigenvalue weighted by Gasteiger charge is 2.58. The summed E-state index contributed by atoms with van der Waals surface area (Å²) in [5.41, 5.74) is 2.04. The maximum Gasteiger partial charge on any atom is 0.230 e. The molecule has 1 saturated heterocycles. The van der Waals surface area contributed by atoms with Crippen LogP contribution in [0.5, 0.6) is 0 Å². The molecule has 2 fully saturated rings. The number of ether oxygens (including phenoxy) is 1. The molecule has 1 N–H and O–H groups in total. The Bertz CT molecular complexity index is 420. The monoisotopic (exact) mass is 217 g/mol. The minimum atomic E-state index is 0.0919. The Morgan fingerprint density at radius 1 is 1.50 bits per heavy atom. The van der Waals surface area contributed by atoms with Crippen LogP contribution in [0.2, 0.25) is 0 Å². The van der Waals surface area contributed by atoms with E-state index in [0.717, 1.165) is 24.3 Å². The zero-order valence-electron chi connectivity index (χ0n) is 9.27. The fourth-order valence-electron chi connectivity index (χ4n) is 2.55. The molecular weight excluding hydrogens is 202 g/mol. The summed E-state index contributed by atoms with van der Waals surface area (Å²) in [7, 11) is 0. The molecule has 1 aliphatic heterocycles. The molecule has 1 heterocycles. The van der Waals surface area contributed by atoms with E-state index in [4.69, 9.17) is 4.74 Å². The second-order valence-corrected chi connectivity index (χ2v) is 4.67. The van der Waals surface area contributed by atoms with Crippen LogP contribution in [-0.4, -0.2) is 18.6 Å². The third-order valence-electron chi connectivity index (χ3n) is 3.45. The first kappa shape index (κ1) is 9.85. The van der Waals surface area contributed by atoms with Gasteiger partial charge in [0.15, 0.2) is 0 Å². The second-order valence-electron chi connectivity index (χ2n) is 4.67. The Labute approximate surface area is 94.8 Å². The van der Waals surface area contributed by atoms with Crippen molar-refractivity contribution < 1.29 is 9.53 Å². The average molecular weight is 217 g/mol. The van der Waals surface area contributed by atoms with Crippen LogP contribution in [0, 0.1) is 18.8 Å². The summed E-state index contributed by atoms with van der Waals surface area (Å²) in [6.07, 6.45) is 1.24. The lowest BCUT2D eigenvalue weighted by Crippen LogP contribution is -2.18. The number of carbonyl (C=O) groups is 1. The van der Waals surface area contributed by atoms with E-state index >= 15 is 0 Å². The van der Waals surface area contributed by atoms with Gasteiger partial charge >= 0.3 is 0 Å². The van der Waals surface area contributed by atoms with Gasteiger partial charge in [-0.05, 0) is 31.0 Å². The standard InChI is InChI=1S/C13H15NO2/c1-8-3-2-4-9(7-8)14-13(15)11-10-5-6-16-12(10)11/h2-4,7,10-12H,5-6H2,1H3,(H,14,15)/t10-,11-,12-/m0/s1. The van der Waals surface area contributed by atoms with Crippen LogP contribution in [0.1, 0.15) is 12.0 Å². The second kappa shape index (κ2) is 3.59. The fourth-order valence-corrected chi connectivity index (χ4v) is 2.55. The molecule has 1 aliphatic carbocycles. The summed E-state index contributed by atoms with van der Waals surface area (Å²) in [5, 5.41) is 2.95. The topological polar surface area (TPSA) is 38.3 Å². The molecule has 0 unspecified atom stereocenters. The van der Waals surface area contributed by atoms with E-state index in [0.29, 0.717) is 5.92 Å². The van der Waals surface area contributed by atoms with E-state index in [2.05, 4.69) is 5.32 Å². The predicted molar refractivity (Wildman–Crippen MR) is 61.1 cm³/mol. The molecule has 3 heteroatoms.